The molecule has 0 saturated carbocycles. The molecule has 0 saturated heterocycles. The molecule has 0 atom stereocenters. The summed E-state index contributed by atoms with van der Waals surface area (Å²) < 4.78 is 11.5. The Balaban J connectivity index is 1.49. The number of amides is 1. The monoisotopic (exact) mass is 375 g/mol. The molecule has 28 heavy (non-hydrogen) atoms. The number of ether oxygens (including phenoxy) is 2. The molecular formula is C24H25NO3. The van der Waals surface area contributed by atoms with Gasteiger partial charge in [-0.05, 0) is 48.7 Å². The van der Waals surface area contributed by atoms with Gasteiger partial charge in [-0.1, -0.05) is 48.5 Å². The molecule has 3 rings (SSSR count). The molecule has 0 aliphatic rings. The fourth-order valence-corrected chi connectivity index (χ4v) is 2.82. The molecule has 0 bridgehead atoms. The number of benzene rings is 3. The van der Waals surface area contributed by atoms with Gasteiger partial charge in [0, 0.05) is 18.2 Å². The summed E-state index contributed by atoms with van der Waals surface area (Å²) in [7, 11) is 0. The predicted molar refractivity (Wildman–Crippen MR) is 112 cm³/mol. The molecule has 0 spiro atoms. The molecule has 0 aliphatic carbocycles. The van der Waals surface area contributed by atoms with Gasteiger partial charge < -0.3 is 14.8 Å². The molecule has 3 aromatic carbocycles. The van der Waals surface area contributed by atoms with Crippen molar-refractivity contribution in [1.29, 1.82) is 0 Å². The lowest BCUT2D eigenvalue weighted by molar-refractivity contribution is -0.118. The molecule has 0 fully saturated rings. The van der Waals surface area contributed by atoms with E-state index in [1.165, 1.54) is 5.56 Å². The van der Waals surface area contributed by atoms with Crippen molar-refractivity contribution in [3.05, 3.63) is 89.5 Å². The van der Waals surface area contributed by atoms with Gasteiger partial charge in [-0.25, -0.2) is 0 Å². The van der Waals surface area contributed by atoms with Crippen LogP contribution in [0.5, 0.6) is 11.5 Å². The van der Waals surface area contributed by atoms with E-state index in [9.17, 15) is 4.79 Å². The number of anilines is 1. The summed E-state index contributed by atoms with van der Waals surface area (Å²) in [6.45, 7) is 4.55. The molecule has 1 N–H and O–H groups in total. The van der Waals surface area contributed by atoms with E-state index in [1.807, 2.05) is 74.5 Å². The Labute approximate surface area is 166 Å². The van der Waals surface area contributed by atoms with Crippen molar-refractivity contribution >= 4 is 11.6 Å². The Morgan fingerprint density at radius 3 is 2.50 bits per heavy atom. The van der Waals surface area contributed by atoms with Crippen LogP contribution in [0.2, 0.25) is 0 Å². The van der Waals surface area contributed by atoms with Crippen LogP contribution >= 0.6 is 0 Å². The number of carbonyl (C=O) groups excluding carboxylic acids is 1. The number of rotatable bonds is 8. The number of hydrogen-bond donors (Lipinski definition) is 1. The van der Waals surface area contributed by atoms with Gasteiger partial charge in [0.15, 0.2) is 6.61 Å². The van der Waals surface area contributed by atoms with E-state index < -0.39 is 0 Å². The van der Waals surface area contributed by atoms with Crippen LogP contribution in [0.25, 0.3) is 0 Å². The Bertz CT molecular complexity index is 922. The molecule has 4 nitrogen and oxygen atoms in total. The standard InChI is InChI=1S/C24H25NO3/c1-18-8-6-13-23(19(18)2)28-17-24(26)25-21-11-7-12-22(16-21)27-15-14-20-9-4-3-5-10-20/h3-13,16H,14-15,17H2,1-2H3,(H,25,26). The first-order valence-electron chi connectivity index (χ1n) is 9.37. The lowest BCUT2D eigenvalue weighted by atomic mass is 10.1. The van der Waals surface area contributed by atoms with Crippen LogP contribution in [0.15, 0.2) is 72.8 Å². The van der Waals surface area contributed by atoms with Gasteiger partial charge in [-0.3, -0.25) is 4.79 Å². The van der Waals surface area contributed by atoms with E-state index in [2.05, 4.69) is 17.4 Å². The highest BCUT2D eigenvalue weighted by Crippen LogP contribution is 2.21. The highest BCUT2D eigenvalue weighted by Gasteiger charge is 2.07. The van der Waals surface area contributed by atoms with E-state index in [0.29, 0.717) is 12.3 Å². The average Bonchev–Trinajstić information content (AvgIpc) is 2.70. The summed E-state index contributed by atoms with van der Waals surface area (Å²) in [5.74, 6) is 1.25. The Morgan fingerprint density at radius 2 is 1.68 bits per heavy atom. The van der Waals surface area contributed by atoms with Gasteiger partial charge in [-0.15, -0.1) is 0 Å². The summed E-state index contributed by atoms with van der Waals surface area (Å²) in [5.41, 5.74) is 4.10. The van der Waals surface area contributed by atoms with Gasteiger partial charge in [0.2, 0.25) is 0 Å². The number of nitrogens with one attached hydrogen (secondary N) is 1. The largest absolute Gasteiger partial charge is 0.493 e. The quantitative estimate of drug-likeness (QED) is 0.606. The maximum Gasteiger partial charge on any atom is 0.262 e. The van der Waals surface area contributed by atoms with Crippen molar-refractivity contribution in [2.45, 2.75) is 20.3 Å². The van der Waals surface area contributed by atoms with E-state index in [0.717, 1.165) is 29.0 Å². The molecule has 0 radical (unpaired) electrons. The maximum atomic E-state index is 12.2. The first-order valence-corrected chi connectivity index (χ1v) is 9.37. The first-order chi connectivity index (χ1) is 13.6. The minimum atomic E-state index is -0.206. The third kappa shape index (κ3) is 5.61. The third-order valence-corrected chi connectivity index (χ3v) is 4.53. The van der Waals surface area contributed by atoms with E-state index in [-0.39, 0.29) is 12.5 Å². The molecule has 0 unspecified atom stereocenters. The molecule has 0 aliphatic heterocycles. The Morgan fingerprint density at radius 1 is 0.893 bits per heavy atom. The van der Waals surface area contributed by atoms with Crippen molar-refractivity contribution in [2.75, 3.05) is 18.5 Å². The molecule has 1 amide bonds. The smallest absolute Gasteiger partial charge is 0.262 e. The fraction of sp³-hybridized carbons (Fsp3) is 0.208. The van der Waals surface area contributed by atoms with Crippen molar-refractivity contribution < 1.29 is 14.3 Å². The van der Waals surface area contributed by atoms with Crippen molar-refractivity contribution in [3.63, 3.8) is 0 Å². The summed E-state index contributed by atoms with van der Waals surface area (Å²) >= 11 is 0. The zero-order chi connectivity index (χ0) is 19.8. The van der Waals surface area contributed by atoms with Crippen molar-refractivity contribution in [3.8, 4) is 11.5 Å². The van der Waals surface area contributed by atoms with Crippen LogP contribution in [0.3, 0.4) is 0 Å². The van der Waals surface area contributed by atoms with Gasteiger partial charge in [-0.2, -0.15) is 0 Å². The number of hydrogen-bond acceptors (Lipinski definition) is 3. The second-order valence-corrected chi connectivity index (χ2v) is 6.65. The molecule has 4 heteroatoms. The maximum absolute atomic E-state index is 12.2. The molecular weight excluding hydrogens is 350 g/mol. The van der Waals surface area contributed by atoms with Crippen LogP contribution < -0.4 is 14.8 Å². The van der Waals surface area contributed by atoms with Crippen LogP contribution in [0.4, 0.5) is 5.69 Å². The first kappa shape index (κ1) is 19.5. The lowest BCUT2D eigenvalue weighted by Gasteiger charge is -2.12. The second-order valence-electron chi connectivity index (χ2n) is 6.65. The second kappa shape index (κ2) is 9.60. The average molecular weight is 375 g/mol. The summed E-state index contributed by atoms with van der Waals surface area (Å²) in [4.78, 5) is 12.2. The van der Waals surface area contributed by atoms with Crippen molar-refractivity contribution in [1.82, 2.24) is 0 Å². The van der Waals surface area contributed by atoms with Crippen LogP contribution in [0.1, 0.15) is 16.7 Å². The molecule has 144 valence electrons. The minimum Gasteiger partial charge on any atom is -0.493 e. The van der Waals surface area contributed by atoms with Crippen LogP contribution in [0, 0.1) is 13.8 Å². The number of aryl methyl sites for hydroxylation is 1. The minimum absolute atomic E-state index is 0.0383. The summed E-state index contributed by atoms with van der Waals surface area (Å²) in [6, 6.07) is 23.4. The Kier molecular flexibility index (Phi) is 6.68. The summed E-state index contributed by atoms with van der Waals surface area (Å²) in [6.07, 6.45) is 0.834. The van der Waals surface area contributed by atoms with E-state index in [1.54, 1.807) is 0 Å². The topological polar surface area (TPSA) is 47.6 Å². The van der Waals surface area contributed by atoms with Gasteiger partial charge in [0.05, 0.1) is 6.61 Å². The van der Waals surface area contributed by atoms with Crippen LogP contribution in [-0.4, -0.2) is 19.1 Å². The zero-order valence-electron chi connectivity index (χ0n) is 16.3. The van der Waals surface area contributed by atoms with Gasteiger partial charge >= 0.3 is 0 Å². The molecule has 0 aromatic heterocycles. The van der Waals surface area contributed by atoms with E-state index >= 15 is 0 Å². The highest BCUT2D eigenvalue weighted by atomic mass is 16.5. The molecule has 3 aromatic rings. The zero-order valence-corrected chi connectivity index (χ0v) is 16.3. The number of carbonyl (C=O) groups is 1. The Hall–Kier alpha value is -3.27. The predicted octanol–water partition coefficient (Wildman–Crippen LogP) is 4.94. The highest BCUT2D eigenvalue weighted by molar-refractivity contribution is 5.92. The molecule has 0 heterocycles. The van der Waals surface area contributed by atoms with Gasteiger partial charge in [0.25, 0.3) is 5.91 Å². The fourth-order valence-electron chi connectivity index (χ4n) is 2.82. The van der Waals surface area contributed by atoms with Crippen molar-refractivity contribution in [2.24, 2.45) is 0 Å². The van der Waals surface area contributed by atoms with E-state index in [4.69, 9.17) is 9.47 Å². The lowest BCUT2D eigenvalue weighted by Crippen LogP contribution is -2.20. The van der Waals surface area contributed by atoms with Crippen LogP contribution in [-0.2, 0) is 11.2 Å². The van der Waals surface area contributed by atoms with Gasteiger partial charge in [0.1, 0.15) is 11.5 Å². The summed E-state index contributed by atoms with van der Waals surface area (Å²) in [5, 5.41) is 2.85. The SMILES string of the molecule is Cc1cccc(OCC(=O)Nc2cccc(OCCc3ccccc3)c2)c1C. The third-order valence-electron chi connectivity index (χ3n) is 4.53. The normalized spacial score (nSPS) is 10.4.